The van der Waals surface area contributed by atoms with Crippen LogP contribution in [0.5, 0.6) is 0 Å². The van der Waals surface area contributed by atoms with E-state index in [0.29, 0.717) is 17.0 Å². The zero-order valence-corrected chi connectivity index (χ0v) is 13.6. The van der Waals surface area contributed by atoms with Crippen molar-refractivity contribution in [2.45, 2.75) is 13.0 Å². The highest BCUT2D eigenvalue weighted by Gasteiger charge is 2.22. The molecule has 3 aromatic rings. The molecule has 0 spiro atoms. The fraction of sp³-hybridized carbons (Fsp3) is 0.200. The van der Waals surface area contributed by atoms with Gasteiger partial charge in [-0.25, -0.2) is 9.37 Å². The Kier molecular flexibility index (Phi) is 4.39. The van der Waals surface area contributed by atoms with Crippen molar-refractivity contribution in [1.29, 1.82) is 0 Å². The fourth-order valence-electron chi connectivity index (χ4n) is 2.28. The second-order valence-electron chi connectivity index (χ2n) is 5.05. The molecule has 1 unspecified atom stereocenters. The summed E-state index contributed by atoms with van der Waals surface area (Å²) >= 11 is 12.5. The highest BCUT2D eigenvalue weighted by atomic mass is 35.5. The lowest BCUT2D eigenvalue weighted by Crippen LogP contribution is -2.22. The molecule has 0 aliphatic rings. The molecule has 0 bridgehead atoms. The summed E-state index contributed by atoms with van der Waals surface area (Å²) in [6.07, 6.45) is 1.56. The molecule has 0 aliphatic heterocycles. The van der Waals surface area contributed by atoms with E-state index in [2.05, 4.69) is 15.4 Å². The van der Waals surface area contributed by atoms with E-state index in [1.54, 1.807) is 25.3 Å². The van der Waals surface area contributed by atoms with Crippen LogP contribution in [0.2, 0.25) is 10.2 Å². The van der Waals surface area contributed by atoms with E-state index in [9.17, 15) is 9.50 Å². The molecule has 3 rings (SSSR count). The van der Waals surface area contributed by atoms with Gasteiger partial charge in [0.2, 0.25) is 0 Å². The van der Waals surface area contributed by atoms with Crippen molar-refractivity contribution >= 4 is 34.7 Å². The van der Waals surface area contributed by atoms with Gasteiger partial charge in [0.15, 0.2) is 5.65 Å². The Bertz CT molecular complexity index is 848. The number of nitrogens with zero attached hydrogens (tertiary/aromatic N) is 3. The first-order chi connectivity index (χ1) is 11.0. The molecule has 23 heavy (non-hydrogen) atoms. The third-order valence-corrected chi connectivity index (χ3v) is 3.95. The summed E-state index contributed by atoms with van der Waals surface area (Å²) in [5.41, 5.74) is 0.932. The van der Waals surface area contributed by atoms with Crippen molar-refractivity contribution in [3.8, 4) is 11.1 Å². The van der Waals surface area contributed by atoms with Crippen LogP contribution in [-0.2, 0) is 0 Å². The maximum Gasteiger partial charge on any atom is 0.159 e. The molecule has 5 nitrogen and oxygen atoms in total. The number of aliphatic hydroxyl groups excluding tert-OH is 1. The average molecular weight is 355 g/mol. The molecular weight excluding hydrogens is 342 g/mol. The van der Waals surface area contributed by atoms with Gasteiger partial charge < -0.3 is 10.4 Å². The van der Waals surface area contributed by atoms with Gasteiger partial charge in [-0.1, -0.05) is 29.3 Å². The average Bonchev–Trinajstić information content (AvgIpc) is 2.97. The highest BCUT2D eigenvalue weighted by molar-refractivity contribution is 6.36. The van der Waals surface area contributed by atoms with Crippen molar-refractivity contribution in [3.05, 3.63) is 46.5 Å². The number of fused-ring (bicyclic) bond motifs is 1. The Labute approximate surface area is 141 Å². The molecule has 1 atom stereocenters. The largest absolute Gasteiger partial charge is 0.394 e. The Hall–Kier alpha value is -1.89. The van der Waals surface area contributed by atoms with Crippen LogP contribution < -0.4 is 5.32 Å². The van der Waals surface area contributed by atoms with E-state index in [1.807, 2.05) is 0 Å². The molecule has 0 radical (unpaired) electrons. The molecule has 0 aliphatic carbocycles. The summed E-state index contributed by atoms with van der Waals surface area (Å²) in [6, 6.07) is 5.75. The predicted octanol–water partition coefficient (Wildman–Crippen LogP) is 3.63. The molecule has 2 N–H and O–H groups in total. The van der Waals surface area contributed by atoms with Gasteiger partial charge in [-0.3, -0.25) is 0 Å². The molecule has 0 saturated heterocycles. The van der Waals surface area contributed by atoms with Crippen molar-refractivity contribution in [3.63, 3.8) is 0 Å². The van der Waals surface area contributed by atoms with Gasteiger partial charge in [0, 0.05) is 17.7 Å². The Morgan fingerprint density at radius 3 is 2.78 bits per heavy atom. The first-order valence-electron chi connectivity index (χ1n) is 6.88. The monoisotopic (exact) mass is 354 g/mol. The van der Waals surface area contributed by atoms with Gasteiger partial charge in [-0.15, -0.1) is 0 Å². The van der Waals surface area contributed by atoms with Crippen molar-refractivity contribution < 1.29 is 9.50 Å². The van der Waals surface area contributed by atoms with E-state index in [-0.39, 0.29) is 28.4 Å². The number of anilines is 1. The zero-order chi connectivity index (χ0) is 16.6. The highest BCUT2D eigenvalue weighted by Crippen LogP contribution is 2.39. The third kappa shape index (κ3) is 2.85. The number of aromatic nitrogens is 3. The summed E-state index contributed by atoms with van der Waals surface area (Å²) in [7, 11) is 0. The van der Waals surface area contributed by atoms with Crippen LogP contribution in [-0.4, -0.2) is 32.4 Å². The summed E-state index contributed by atoms with van der Waals surface area (Å²) < 4.78 is 15.9. The van der Waals surface area contributed by atoms with Crippen molar-refractivity contribution in [2.24, 2.45) is 0 Å². The molecule has 0 amide bonds. The molecule has 0 fully saturated rings. The van der Waals surface area contributed by atoms with E-state index < -0.39 is 5.82 Å². The van der Waals surface area contributed by atoms with Crippen molar-refractivity contribution in [1.82, 2.24) is 14.6 Å². The lowest BCUT2D eigenvalue weighted by Gasteiger charge is -2.19. The number of aliphatic hydroxyl groups is 1. The minimum atomic E-state index is -0.521. The van der Waals surface area contributed by atoms with E-state index in [1.165, 1.54) is 16.6 Å². The maximum atomic E-state index is 14.4. The summed E-state index contributed by atoms with van der Waals surface area (Å²) in [4.78, 5) is 4.23. The zero-order valence-electron chi connectivity index (χ0n) is 12.1. The normalized spacial score (nSPS) is 12.6. The third-order valence-electron chi connectivity index (χ3n) is 3.36. The van der Waals surface area contributed by atoms with Crippen LogP contribution in [0, 0.1) is 5.82 Å². The SMILES string of the molecule is CC(CO)Nc1c(-c2c(F)cccc2Cl)c(Cl)nc2ccnn12. The second kappa shape index (κ2) is 6.31. The van der Waals surface area contributed by atoms with E-state index in [0.717, 1.165) is 0 Å². The standard InChI is InChI=1S/C15H13Cl2FN4O/c1-8(7-23)20-15-13(12-9(16)3-2-4-10(12)18)14(17)21-11-5-6-19-22(11)15/h2-6,8,20,23H,7H2,1H3. The van der Waals surface area contributed by atoms with Crippen LogP contribution in [0.3, 0.4) is 0 Å². The topological polar surface area (TPSA) is 62.5 Å². The number of hydrogen-bond donors (Lipinski definition) is 2. The Morgan fingerprint density at radius 1 is 1.30 bits per heavy atom. The van der Waals surface area contributed by atoms with Crippen LogP contribution in [0.15, 0.2) is 30.5 Å². The minimum Gasteiger partial charge on any atom is -0.394 e. The van der Waals surface area contributed by atoms with Gasteiger partial charge in [0.05, 0.1) is 23.4 Å². The number of halogens is 3. The fourth-order valence-corrected chi connectivity index (χ4v) is 2.81. The lowest BCUT2D eigenvalue weighted by atomic mass is 10.1. The summed E-state index contributed by atoms with van der Waals surface area (Å²) in [5, 5.41) is 16.9. The predicted molar refractivity (Wildman–Crippen MR) is 88.6 cm³/mol. The molecule has 2 aromatic heterocycles. The van der Waals surface area contributed by atoms with Crippen LogP contribution in [0.1, 0.15) is 6.92 Å². The quantitative estimate of drug-likeness (QED) is 0.702. The molecule has 120 valence electrons. The molecule has 1 aromatic carbocycles. The summed E-state index contributed by atoms with van der Waals surface area (Å²) in [5.74, 6) is -0.106. The molecule has 8 heteroatoms. The summed E-state index contributed by atoms with van der Waals surface area (Å²) in [6.45, 7) is 1.66. The number of hydrogen-bond acceptors (Lipinski definition) is 4. The molecule has 2 heterocycles. The van der Waals surface area contributed by atoms with Gasteiger partial charge >= 0.3 is 0 Å². The number of nitrogens with one attached hydrogen (secondary N) is 1. The maximum absolute atomic E-state index is 14.4. The second-order valence-corrected chi connectivity index (χ2v) is 5.82. The first kappa shape index (κ1) is 16.0. The van der Waals surface area contributed by atoms with Gasteiger partial charge in [0.1, 0.15) is 16.8 Å². The minimum absolute atomic E-state index is 0.0950. The smallest absolute Gasteiger partial charge is 0.159 e. The van der Waals surface area contributed by atoms with Crippen LogP contribution in [0.25, 0.3) is 16.8 Å². The molecular formula is C15H13Cl2FN4O. The van der Waals surface area contributed by atoms with E-state index in [4.69, 9.17) is 23.2 Å². The van der Waals surface area contributed by atoms with Gasteiger partial charge in [-0.2, -0.15) is 9.61 Å². The van der Waals surface area contributed by atoms with Gasteiger partial charge in [-0.05, 0) is 19.1 Å². The Morgan fingerprint density at radius 2 is 2.09 bits per heavy atom. The van der Waals surface area contributed by atoms with Crippen LogP contribution >= 0.6 is 23.2 Å². The molecule has 0 saturated carbocycles. The van der Waals surface area contributed by atoms with E-state index >= 15 is 0 Å². The van der Waals surface area contributed by atoms with Crippen LogP contribution in [0.4, 0.5) is 10.2 Å². The first-order valence-corrected chi connectivity index (χ1v) is 7.63. The Balaban J connectivity index is 2.34. The number of benzene rings is 1. The van der Waals surface area contributed by atoms with Gasteiger partial charge in [0.25, 0.3) is 0 Å². The van der Waals surface area contributed by atoms with Crippen molar-refractivity contribution in [2.75, 3.05) is 11.9 Å². The number of rotatable bonds is 4. The lowest BCUT2D eigenvalue weighted by molar-refractivity contribution is 0.281.